The molecular formula is C12H22O. The summed E-state index contributed by atoms with van der Waals surface area (Å²) in [6, 6.07) is 0. The summed E-state index contributed by atoms with van der Waals surface area (Å²) in [4.78, 5) is 0. The van der Waals surface area contributed by atoms with Crippen molar-refractivity contribution in [3.05, 3.63) is 0 Å². The largest absolute Gasteiger partial charge is 0.381 e. The van der Waals surface area contributed by atoms with Crippen LogP contribution in [0, 0.1) is 17.3 Å². The van der Waals surface area contributed by atoms with E-state index in [9.17, 15) is 0 Å². The van der Waals surface area contributed by atoms with Gasteiger partial charge in [0.1, 0.15) is 0 Å². The van der Waals surface area contributed by atoms with E-state index in [1.807, 2.05) is 7.11 Å². The van der Waals surface area contributed by atoms with E-state index in [2.05, 4.69) is 13.8 Å². The number of fused-ring (bicyclic) bond motifs is 1. The van der Waals surface area contributed by atoms with Gasteiger partial charge in [-0.1, -0.05) is 13.3 Å². The second-order valence-corrected chi connectivity index (χ2v) is 5.25. The van der Waals surface area contributed by atoms with Crippen LogP contribution in [0.25, 0.3) is 0 Å². The molecule has 1 nitrogen and oxygen atoms in total. The average molecular weight is 182 g/mol. The first kappa shape index (κ1) is 9.51. The summed E-state index contributed by atoms with van der Waals surface area (Å²) in [5, 5.41) is 0. The van der Waals surface area contributed by atoms with E-state index < -0.39 is 0 Å². The van der Waals surface area contributed by atoms with Crippen LogP contribution < -0.4 is 0 Å². The van der Waals surface area contributed by atoms with E-state index in [4.69, 9.17) is 4.74 Å². The zero-order valence-electron chi connectivity index (χ0n) is 9.18. The Bertz CT molecular complexity index is 190. The van der Waals surface area contributed by atoms with Crippen LogP contribution in [0.4, 0.5) is 0 Å². The number of rotatable bonds is 2. The molecule has 0 aliphatic heterocycles. The zero-order valence-corrected chi connectivity index (χ0v) is 9.18. The molecule has 0 heterocycles. The molecule has 1 heteroatoms. The molecule has 2 aliphatic carbocycles. The molecule has 4 unspecified atom stereocenters. The number of hydrogen-bond acceptors (Lipinski definition) is 1. The smallest absolute Gasteiger partial charge is 0.0602 e. The van der Waals surface area contributed by atoms with Gasteiger partial charge in [-0.05, 0) is 49.9 Å². The molecule has 0 aromatic carbocycles. The predicted molar refractivity (Wildman–Crippen MR) is 54.6 cm³/mol. The maximum Gasteiger partial charge on any atom is 0.0602 e. The van der Waals surface area contributed by atoms with Gasteiger partial charge in [0.25, 0.3) is 0 Å². The highest BCUT2D eigenvalue weighted by molar-refractivity contribution is 5.01. The molecule has 4 atom stereocenters. The molecule has 0 amide bonds. The summed E-state index contributed by atoms with van der Waals surface area (Å²) in [6.45, 7) is 4.68. The first-order valence-corrected chi connectivity index (χ1v) is 5.72. The maximum absolute atomic E-state index is 5.59. The predicted octanol–water partition coefficient (Wildman–Crippen LogP) is 3.24. The number of hydrogen-bond donors (Lipinski definition) is 0. The fourth-order valence-electron chi connectivity index (χ4n) is 3.94. The van der Waals surface area contributed by atoms with Crippen molar-refractivity contribution >= 4 is 0 Å². The van der Waals surface area contributed by atoms with Crippen molar-refractivity contribution in [1.29, 1.82) is 0 Å². The molecule has 2 saturated carbocycles. The van der Waals surface area contributed by atoms with Gasteiger partial charge in [0.05, 0.1) is 6.10 Å². The van der Waals surface area contributed by atoms with Crippen molar-refractivity contribution in [1.82, 2.24) is 0 Å². The molecule has 0 saturated heterocycles. The van der Waals surface area contributed by atoms with Crippen molar-refractivity contribution in [2.45, 2.75) is 52.1 Å². The van der Waals surface area contributed by atoms with Crippen LogP contribution in [0.1, 0.15) is 46.0 Å². The monoisotopic (exact) mass is 182 g/mol. The summed E-state index contributed by atoms with van der Waals surface area (Å²) in [6.07, 6.45) is 7.64. The van der Waals surface area contributed by atoms with Crippen LogP contribution in [-0.2, 0) is 4.74 Å². The fourth-order valence-corrected chi connectivity index (χ4v) is 3.94. The van der Waals surface area contributed by atoms with Crippen LogP contribution in [0.2, 0.25) is 0 Å². The number of ether oxygens (including phenoxy) is 1. The molecule has 13 heavy (non-hydrogen) atoms. The standard InChI is InChI=1S/C12H22O/c1-9-7-11-5-4-6-12(11,8-9)10(2)13-3/h9-11H,4-8H2,1-3H3. The lowest BCUT2D eigenvalue weighted by molar-refractivity contribution is -0.0129. The first-order chi connectivity index (χ1) is 6.19. The lowest BCUT2D eigenvalue weighted by atomic mass is 9.75. The Hall–Kier alpha value is -0.0400. The summed E-state index contributed by atoms with van der Waals surface area (Å²) in [5.74, 6) is 1.90. The normalized spacial score (nSPS) is 46.4. The summed E-state index contributed by atoms with van der Waals surface area (Å²) < 4.78 is 5.59. The van der Waals surface area contributed by atoms with E-state index in [0.717, 1.165) is 11.8 Å². The Balaban J connectivity index is 2.18. The van der Waals surface area contributed by atoms with Gasteiger partial charge in [-0.15, -0.1) is 0 Å². The third-order valence-corrected chi connectivity index (χ3v) is 4.59. The topological polar surface area (TPSA) is 9.23 Å². The minimum atomic E-state index is 0.477. The molecule has 0 aromatic rings. The van der Waals surface area contributed by atoms with Crippen molar-refractivity contribution < 1.29 is 4.74 Å². The number of methoxy groups -OCH3 is 1. The quantitative estimate of drug-likeness (QED) is 0.637. The molecule has 2 fully saturated rings. The highest BCUT2D eigenvalue weighted by Crippen LogP contribution is 2.58. The molecular weight excluding hydrogens is 160 g/mol. The molecule has 0 N–H and O–H groups in total. The minimum Gasteiger partial charge on any atom is -0.381 e. The second kappa shape index (κ2) is 3.27. The van der Waals surface area contributed by atoms with Gasteiger partial charge in [-0.25, -0.2) is 0 Å². The summed E-state index contributed by atoms with van der Waals surface area (Å²) in [7, 11) is 1.87. The Kier molecular flexibility index (Phi) is 2.39. The van der Waals surface area contributed by atoms with E-state index in [1.54, 1.807) is 0 Å². The molecule has 2 aliphatic rings. The van der Waals surface area contributed by atoms with Crippen molar-refractivity contribution in [2.24, 2.45) is 17.3 Å². The van der Waals surface area contributed by atoms with Crippen LogP contribution >= 0.6 is 0 Å². The lowest BCUT2D eigenvalue weighted by Crippen LogP contribution is -2.34. The van der Waals surface area contributed by atoms with Gasteiger partial charge in [-0.3, -0.25) is 0 Å². The van der Waals surface area contributed by atoms with Gasteiger partial charge in [0.2, 0.25) is 0 Å². The molecule has 76 valence electrons. The minimum absolute atomic E-state index is 0.477. The Morgan fingerprint density at radius 2 is 2.23 bits per heavy atom. The van der Waals surface area contributed by atoms with Gasteiger partial charge >= 0.3 is 0 Å². The Morgan fingerprint density at radius 1 is 1.46 bits per heavy atom. The van der Waals surface area contributed by atoms with Crippen molar-refractivity contribution in [3.63, 3.8) is 0 Å². The van der Waals surface area contributed by atoms with E-state index in [0.29, 0.717) is 11.5 Å². The molecule has 2 rings (SSSR count). The van der Waals surface area contributed by atoms with Crippen LogP contribution in [0.3, 0.4) is 0 Å². The molecule has 0 bridgehead atoms. The first-order valence-electron chi connectivity index (χ1n) is 5.72. The van der Waals surface area contributed by atoms with Gasteiger partial charge in [0, 0.05) is 7.11 Å². The SMILES string of the molecule is COC(C)C12CCCC1CC(C)C2. The fraction of sp³-hybridized carbons (Fsp3) is 1.00. The van der Waals surface area contributed by atoms with Crippen LogP contribution in [0.15, 0.2) is 0 Å². The Morgan fingerprint density at radius 3 is 2.92 bits per heavy atom. The van der Waals surface area contributed by atoms with Gasteiger partial charge in [0.15, 0.2) is 0 Å². The summed E-state index contributed by atoms with van der Waals surface area (Å²) in [5.41, 5.74) is 0.564. The highest BCUT2D eigenvalue weighted by Gasteiger charge is 2.51. The van der Waals surface area contributed by atoms with Gasteiger partial charge < -0.3 is 4.74 Å². The van der Waals surface area contributed by atoms with Crippen LogP contribution in [-0.4, -0.2) is 13.2 Å². The second-order valence-electron chi connectivity index (χ2n) is 5.25. The Labute approximate surface area is 81.9 Å². The van der Waals surface area contributed by atoms with E-state index >= 15 is 0 Å². The van der Waals surface area contributed by atoms with E-state index in [1.165, 1.54) is 32.1 Å². The van der Waals surface area contributed by atoms with Crippen molar-refractivity contribution in [2.75, 3.05) is 7.11 Å². The third kappa shape index (κ3) is 1.32. The molecule has 0 spiro atoms. The average Bonchev–Trinajstić information content (AvgIpc) is 2.59. The lowest BCUT2D eigenvalue weighted by Gasteiger charge is -2.35. The highest BCUT2D eigenvalue weighted by atomic mass is 16.5. The molecule has 0 radical (unpaired) electrons. The maximum atomic E-state index is 5.59. The van der Waals surface area contributed by atoms with Gasteiger partial charge in [-0.2, -0.15) is 0 Å². The van der Waals surface area contributed by atoms with Crippen molar-refractivity contribution in [3.8, 4) is 0 Å². The zero-order chi connectivity index (χ0) is 9.47. The van der Waals surface area contributed by atoms with E-state index in [-0.39, 0.29) is 0 Å². The third-order valence-electron chi connectivity index (χ3n) is 4.59. The van der Waals surface area contributed by atoms with Crippen LogP contribution in [0.5, 0.6) is 0 Å². The summed E-state index contributed by atoms with van der Waals surface area (Å²) >= 11 is 0. The molecule has 0 aromatic heterocycles.